The van der Waals surface area contributed by atoms with E-state index in [-0.39, 0.29) is 11.3 Å². The van der Waals surface area contributed by atoms with Crippen LogP contribution in [0.2, 0.25) is 0 Å². The first-order valence-corrected chi connectivity index (χ1v) is 11.9. The molecule has 0 saturated carbocycles. The molecule has 0 saturated heterocycles. The molecule has 0 fully saturated rings. The number of amides is 1. The molecule has 1 heterocycles. The molecule has 178 valence electrons. The molecule has 0 aliphatic carbocycles. The van der Waals surface area contributed by atoms with Gasteiger partial charge in [0.05, 0.1) is 11.4 Å². The lowest BCUT2D eigenvalue weighted by molar-refractivity contribution is -0.131. The van der Waals surface area contributed by atoms with Gasteiger partial charge in [-0.05, 0) is 67.8 Å². The number of guanidine groups is 1. The molecule has 2 aromatic rings. The van der Waals surface area contributed by atoms with Crippen LogP contribution in [-0.2, 0) is 14.8 Å². The van der Waals surface area contributed by atoms with Gasteiger partial charge in [-0.3, -0.25) is 15.0 Å². The fraction of sp³-hybridized carbons (Fsp3) is 0.333. The Hall–Kier alpha value is -3.22. The number of unbranched alkanes of at least 4 members (excludes halogenated alkanes) is 1. The topological polar surface area (TPSA) is 141 Å². The van der Waals surface area contributed by atoms with Crippen molar-refractivity contribution >= 4 is 21.9 Å². The molecule has 0 radical (unpaired) electrons. The van der Waals surface area contributed by atoms with Gasteiger partial charge in [0.1, 0.15) is 23.4 Å². The first-order chi connectivity index (χ1) is 15.9. The van der Waals surface area contributed by atoms with Crippen LogP contribution in [0.4, 0.5) is 4.39 Å². The van der Waals surface area contributed by atoms with Crippen LogP contribution in [0.1, 0.15) is 19.3 Å². The van der Waals surface area contributed by atoms with Gasteiger partial charge < -0.3 is 15.4 Å². The molecule has 1 atom stereocenters. The molecule has 1 aliphatic heterocycles. The highest BCUT2D eigenvalue weighted by molar-refractivity contribution is 7.89. The molecule has 33 heavy (non-hydrogen) atoms. The summed E-state index contributed by atoms with van der Waals surface area (Å²) in [6, 6.07) is 9.81. The number of rotatable bonds is 11. The summed E-state index contributed by atoms with van der Waals surface area (Å²) < 4.78 is 46.4. The van der Waals surface area contributed by atoms with Crippen LogP contribution in [0.25, 0.3) is 0 Å². The summed E-state index contributed by atoms with van der Waals surface area (Å²) in [4.78, 5) is 16.1. The smallest absolute Gasteiger partial charge is 0.261 e. The number of hydroxylamine groups is 1. The SMILES string of the molecule is O=C(NO)[C@@H](CCCCNC1=NCCN1)NS(=O)(=O)c1ccc(Oc2ccc(F)cc2)cc1. The average Bonchev–Trinajstić information content (AvgIpc) is 3.33. The highest BCUT2D eigenvalue weighted by Gasteiger charge is 2.25. The van der Waals surface area contributed by atoms with Gasteiger partial charge in [-0.25, -0.2) is 18.3 Å². The van der Waals surface area contributed by atoms with Crippen molar-refractivity contribution < 1.29 is 27.5 Å². The van der Waals surface area contributed by atoms with Crippen LogP contribution in [0.5, 0.6) is 11.5 Å². The van der Waals surface area contributed by atoms with Gasteiger partial charge in [-0.15, -0.1) is 0 Å². The number of aliphatic imine (C=N–C) groups is 1. The second-order valence-corrected chi connectivity index (χ2v) is 8.97. The zero-order valence-electron chi connectivity index (χ0n) is 17.8. The number of carbonyl (C=O) groups is 1. The Kier molecular flexibility index (Phi) is 8.58. The average molecular weight is 480 g/mol. The zero-order chi connectivity index (χ0) is 23.7. The summed E-state index contributed by atoms with van der Waals surface area (Å²) >= 11 is 0. The molecule has 5 N–H and O–H groups in total. The van der Waals surface area contributed by atoms with Crippen molar-refractivity contribution in [1.82, 2.24) is 20.8 Å². The van der Waals surface area contributed by atoms with E-state index in [9.17, 15) is 17.6 Å². The fourth-order valence-corrected chi connectivity index (χ4v) is 4.33. The molecule has 10 nitrogen and oxygen atoms in total. The molecule has 3 rings (SSSR count). The molecule has 0 aromatic heterocycles. The first kappa shape index (κ1) is 24.4. The van der Waals surface area contributed by atoms with Crippen molar-refractivity contribution in [2.45, 2.75) is 30.2 Å². The number of halogens is 1. The highest BCUT2D eigenvalue weighted by Crippen LogP contribution is 2.23. The van der Waals surface area contributed by atoms with Crippen molar-refractivity contribution in [1.29, 1.82) is 0 Å². The van der Waals surface area contributed by atoms with Crippen molar-refractivity contribution in [3.8, 4) is 11.5 Å². The maximum Gasteiger partial charge on any atom is 0.261 e. The third kappa shape index (κ3) is 7.41. The Morgan fingerprint density at radius 2 is 1.79 bits per heavy atom. The quantitative estimate of drug-likeness (QED) is 0.187. The van der Waals surface area contributed by atoms with Crippen molar-refractivity contribution in [3.05, 3.63) is 54.3 Å². The van der Waals surface area contributed by atoms with Gasteiger partial charge in [0.25, 0.3) is 5.91 Å². The van der Waals surface area contributed by atoms with E-state index in [2.05, 4.69) is 20.3 Å². The summed E-state index contributed by atoms with van der Waals surface area (Å²) in [5.74, 6) is 0.249. The molecule has 2 aromatic carbocycles. The predicted octanol–water partition coefficient (Wildman–Crippen LogP) is 1.49. The number of hydrogen-bond acceptors (Lipinski definition) is 8. The Labute approximate surface area is 191 Å². The van der Waals surface area contributed by atoms with E-state index >= 15 is 0 Å². The van der Waals surface area contributed by atoms with E-state index < -0.39 is 27.8 Å². The maximum absolute atomic E-state index is 13.0. The van der Waals surface area contributed by atoms with Crippen LogP contribution in [0, 0.1) is 5.82 Å². The monoisotopic (exact) mass is 479 g/mol. The van der Waals surface area contributed by atoms with Gasteiger partial charge in [0.2, 0.25) is 10.0 Å². The lowest BCUT2D eigenvalue weighted by Crippen LogP contribution is -2.45. The van der Waals surface area contributed by atoms with Gasteiger partial charge in [0.15, 0.2) is 5.96 Å². The molecular formula is C21H26FN5O5S. The van der Waals surface area contributed by atoms with Gasteiger partial charge in [0, 0.05) is 13.1 Å². The largest absolute Gasteiger partial charge is 0.457 e. The Morgan fingerprint density at radius 1 is 1.12 bits per heavy atom. The highest BCUT2D eigenvalue weighted by atomic mass is 32.2. The Morgan fingerprint density at radius 3 is 2.39 bits per heavy atom. The molecule has 1 amide bonds. The fourth-order valence-electron chi connectivity index (χ4n) is 3.10. The number of hydrogen-bond donors (Lipinski definition) is 5. The lowest BCUT2D eigenvalue weighted by Gasteiger charge is -2.17. The van der Waals surface area contributed by atoms with Gasteiger partial charge in [-0.2, -0.15) is 4.72 Å². The van der Waals surface area contributed by atoms with E-state index in [1.807, 2.05) is 0 Å². The maximum atomic E-state index is 13.0. The number of benzene rings is 2. The van der Waals surface area contributed by atoms with Gasteiger partial charge >= 0.3 is 0 Å². The molecule has 12 heteroatoms. The number of sulfonamides is 1. The lowest BCUT2D eigenvalue weighted by atomic mass is 10.1. The second kappa shape index (κ2) is 11.6. The number of nitrogens with one attached hydrogen (secondary N) is 4. The molecule has 1 aliphatic rings. The minimum Gasteiger partial charge on any atom is -0.457 e. The molecular weight excluding hydrogens is 453 g/mol. The summed E-state index contributed by atoms with van der Waals surface area (Å²) in [6.07, 6.45) is 1.40. The number of nitrogens with zero attached hydrogens (tertiary/aromatic N) is 1. The normalized spacial score (nSPS) is 14.2. The number of carbonyl (C=O) groups excluding carboxylic acids is 1. The van der Waals surface area contributed by atoms with E-state index in [0.29, 0.717) is 30.9 Å². The second-order valence-electron chi connectivity index (χ2n) is 7.26. The Balaban J connectivity index is 1.55. The predicted molar refractivity (Wildman–Crippen MR) is 119 cm³/mol. The van der Waals surface area contributed by atoms with Crippen LogP contribution < -0.4 is 25.6 Å². The number of ether oxygens (including phenoxy) is 1. The van der Waals surface area contributed by atoms with Crippen molar-refractivity contribution in [2.24, 2.45) is 4.99 Å². The van der Waals surface area contributed by atoms with Crippen molar-refractivity contribution in [3.63, 3.8) is 0 Å². The minimum atomic E-state index is -4.04. The molecule has 0 spiro atoms. The summed E-state index contributed by atoms with van der Waals surface area (Å²) in [5, 5.41) is 15.2. The Bertz CT molecular complexity index is 1060. The molecule has 0 bridgehead atoms. The van der Waals surface area contributed by atoms with E-state index in [1.165, 1.54) is 54.0 Å². The third-order valence-electron chi connectivity index (χ3n) is 4.79. The third-order valence-corrected chi connectivity index (χ3v) is 6.28. The summed E-state index contributed by atoms with van der Waals surface area (Å²) in [5.41, 5.74) is 1.51. The summed E-state index contributed by atoms with van der Waals surface area (Å²) in [7, 11) is -4.04. The standard InChI is InChI=1S/C21H26FN5O5S/c22-15-4-6-16(7-5-15)32-17-8-10-18(11-9-17)33(30,31)27-19(20(28)26-29)3-1-2-12-23-21-24-13-14-25-21/h4-11,19,27,29H,1-3,12-14H2,(H,26,28)(H2,23,24,25)/t19-/m1/s1. The first-order valence-electron chi connectivity index (χ1n) is 10.4. The van der Waals surface area contributed by atoms with E-state index in [4.69, 9.17) is 9.94 Å². The van der Waals surface area contributed by atoms with Crippen LogP contribution in [0.3, 0.4) is 0 Å². The summed E-state index contributed by atoms with van der Waals surface area (Å²) in [6.45, 7) is 2.13. The minimum absolute atomic E-state index is 0.0725. The van der Waals surface area contributed by atoms with Crippen LogP contribution in [0.15, 0.2) is 58.4 Å². The molecule has 0 unspecified atom stereocenters. The van der Waals surface area contributed by atoms with Crippen LogP contribution in [-0.4, -0.2) is 51.2 Å². The van der Waals surface area contributed by atoms with E-state index in [1.54, 1.807) is 0 Å². The zero-order valence-corrected chi connectivity index (χ0v) is 18.6. The van der Waals surface area contributed by atoms with Crippen LogP contribution >= 0.6 is 0 Å². The van der Waals surface area contributed by atoms with Gasteiger partial charge in [-0.1, -0.05) is 0 Å². The van der Waals surface area contributed by atoms with E-state index in [0.717, 1.165) is 19.0 Å². The van der Waals surface area contributed by atoms with Crippen molar-refractivity contribution in [2.75, 3.05) is 19.6 Å².